The van der Waals surface area contributed by atoms with Crippen molar-refractivity contribution < 1.29 is 4.42 Å². The number of furan rings is 1. The predicted octanol–water partition coefficient (Wildman–Crippen LogP) is 13.6. The van der Waals surface area contributed by atoms with Crippen LogP contribution < -0.4 is 5.32 Å². The van der Waals surface area contributed by atoms with Gasteiger partial charge in [0.2, 0.25) is 0 Å². The SMILES string of the molecule is c1ccc(C2=NC(c3ccc4c(c3)oc3cc(-c5ccc6c7ccccc7c7ccccc7c6c5)ccc34)=NC(c3cccc4c3sc3ccccc34)N2)cc1. The summed E-state index contributed by atoms with van der Waals surface area (Å²) in [6.07, 6.45) is -0.319. The van der Waals surface area contributed by atoms with Gasteiger partial charge >= 0.3 is 0 Å². The van der Waals surface area contributed by atoms with Gasteiger partial charge in [-0.15, -0.1) is 11.3 Å². The minimum Gasteiger partial charge on any atom is -0.456 e. The largest absolute Gasteiger partial charge is 0.456 e. The maximum absolute atomic E-state index is 6.66. The van der Waals surface area contributed by atoms with Crippen molar-refractivity contribution in [3.05, 3.63) is 193 Å². The first kappa shape index (κ1) is 31.3. The van der Waals surface area contributed by atoms with Crippen LogP contribution in [-0.4, -0.2) is 11.7 Å². The molecule has 56 heavy (non-hydrogen) atoms. The Morgan fingerprint density at radius 1 is 0.429 bits per heavy atom. The molecule has 0 amide bonds. The first-order valence-electron chi connectivity index (χ1n) is 18.9. The predicted molar refractivity (Wildman–Crippen MR) is 236 cm³/mol. The summed E-state index contributed by atoms with van der Waals surface area (Å²) in [6.45, 7) is 0. The van der Waals surface area contributed by atoms with Crippen LogP contribution in [0.2, 0.25) is 0 Å². The number of nitrogens with zero attached hydrogens (tertiary/aromatic N) is 2. The lowest BCUT2D eigenvalue weighted by molar-refractivity contribution is 0.668. The van der Waals surface area contributed by atoms with Crippen molar-refractivity contribution in [2.24, 2.45) is 9.98 Å². The molecular weight excluding hydrogens is 703 g/mol. The van der Waals surface area contributed by atoms with Gasteiger partial charge in [-0.3, -0.25) is 0 Å². The summed E-state index contributed by atoms with van der Waals surface area (Å²) in [4.78, 5) is 10.4. The molecule has 0 saturated heterocycles. The van der Waals surface area contributed by atoms with E-state index >= 15 is 0 Å². The molecule has 5 heteroatoms. The number of hydrogen-bond acceptors (Lipinski definition) is 5. The standard InChI is InChI=1S/C51H31N3OS/c1-2-11-30(12-3-1)49-52-50(54-51(53-49)43-19-10-18-42-41-17-8-9-20-47(41)56-48(42)43)33-23-26-40-39-25-22-32(28-45(39)55-46(40)29-33)31-21-24-38-36-15-5-4-13-34(36)35-14-6-7-16-37(35)44(38)27-31/h1-29,51H,(H,52,53,54). The summed E-state index contributed by atoms with van der Waals surface area (Å²) in [5.74, 6) is 1.47. The van der Waals surface area contributed by atoms with Crippen LogP contribution in [0.15, 0.2) is 190 Å². The first-order chi connectivity index (χ1) is 27.7. The lowest BCUT2D eigenvalue weighted by Crippen LogP contribution is -2.33. The monoisotopic (exact) mass is 733 g/mol. The number of benzene rings is 9. The topological polar surface area (TPSA) is 49.9 Å². The zero-order valence-electron chi connectivity index (χ0n) is 30.0. The summed E-state index contributed by atoms with van der Waals surface area (Å²) in [7, 11) is 0. The molecular formula is C51H31N3OS. The van der Waals surface area contributed by atoms with E-state index in [2.05, 4.69) is 163 Å². The molecule has 3 heterocycles. The zero-order chi connectivity index (χ0) is 36.7. The molecule has 1 unspecified atom stereocenters. The Hall–Kier alpha value is -7.08. The van der Waals surface area contributed by atoms with Crippen molar-refractivity contribution in [3.8, 4) is 11.1 Å². The number of thiophene rings is 1. The number of amidine groups is 2. The second kappa shape index (κ2) is 12.2. The Morgan fingerprint density at radius 2 is 0.982 bits per heavy atom. The molecule has 12 rings (SSSR count). The van der Waals surface area contributed by atoms with Gasteiger partial charge in [-0.1, -0.05) is 140 Å². The van der Waals surface area contributed by atoms with Gasteiger partial charge in [0.25, 0.3) is 0 Å². The molecule has 9 aromatic carbocycles. The van der Waals surface area contributed by atoms with Gasteiger partial charge in [0.15, 0.2) is 5.84 Å². The Kier molecular flexibility index (Phi) is 6.83. The smallest absolute Gasteiger partial charge is 0.159 e. The Morgan fingerprint density at radius 3 is 1.71 bits per heavy atom. The van der Waals surface area contributed by atoms with Crippen LogP contribution in [0.25, 0.3) is 85.6 Å². The molecule has 0 aliphatic carbocycles. The van der Waals surface area contributed by atoms with Crippen molar-refractivity contribution in [1.29, 1.82) is 0 Å². The molecule has 1 aliphatic heterocycles. The van der Waals surface area contributed by atoms with Crippen LogP contribution in [0.4, 0.5) is 0 Å². The van der Waals surface area contributed by atoms with Gasteiger partial charge in [0.1, 0.15) is 23.2 Å². The molecule has 2 aromatic heterocycles. The zero-order valence-corrected chi connectivity index (χ0v) is 30.8. The normalized spacial score (nSPS) is 14.6. The summed E-state index contributed by atoms with van der Waals surface area (Å²) in [5, 5.41) is 16.0. The van der Waals surface area contributed by atoms with Crippen molar-refractivity contribution in [2.75, 3.05) is 0 Å². The molecule has 11 aromatic rings. The third-order valence-electron chi connectivity index (χ3n) is 11.3. The number of hydrogen-bond donors (Lipinski definition) is 1. The van der Waals surface area contributed by atoms with E-state index in [-0.39, 0.29) is 6.17 Å². The van der Waals surface area contributed by atoms with E-state index in [9.17, 15) is 0 Å². The second-order valence-electron chi connectivity index (χ2n) is 14.5. The third kappa shape index (κ3) is 4.84. The Balaban J connectivity index is 0.968. The molecule has 0 bridgehead atoms. The van der Waals surface area contributed by atoms with Gasteiger partial charge in [-0.25, -0.2) is 9.98 Å². The quantitative estimate of drug-likeness (QED) is 0.183. The summed E-state index contributed by atoms with van der Waals surface area (Å²) in [5.41, 5.74) is 7.01. The van der Waals surface area contributed by atoms with E-state index in [0.29, 0.717) is 5.84 Å². The minimum absolute atomic E-state index is 0.319. The fourth-order valence-electron chi connectivity index (χ4n) is 8.65. The maximum atomic E-state index is 6.66. The van der Waals surface area contributed by atoms with E-state index in [4.69, 9.17) is 14.4 Å². The average molecular weight is 734 g/mol. The van der Waals surface area contributed by atoms with E-state index < -0.39 is 0 Å². The second-order valence-corrected chi connectivity index (χ2v) is 15.6. The minimum atomic E-state index is -0.319. The van der Waals surface area contributed by atoms with Gasteiger partial charge in [-0.2, -0.15) is 0 Å². The van der Waals surface area contributed by atoms with Gasteiger partial charge < -0.3 is 9.73 Å². The number of nitrogens with one attached hydrogen (secondary N) is 1. The highest BCUT2D eigenvalue weighted by molar-refractivity contribution is 7.26. The van der Waals surface area contributed by atoms with Gasteiger partial charge in [0.05, 0.1) is 0 Å². The van der Waals surface area contributed by atoms with Crippen molar-refractivity contribution >= 4 is 97.4 Å². The Bertz CT molecular complexity index is 3430. The van der Waals surface area contributed by atoms with E-state index in [1.165, 1.54) is 52.5 Å². The first-order valence-corrected chi connectivity index (χ1v) is 19.7. The fourth-order valence-corrected chi connectivity index (χ4v) is 9.89. The van der Waals surface area contributed by atoms with Crippen LogP contribution in [0.3, 0.4) is 0 Å². The summed E-state index contributed by atoms with van der Waals surface area (Å²) in [6, 6.07) is 62.7. The maximum Gasteiger partial charge on any atom is 0.159 e. The molecule has 262 valence electrons. The van der Waals surface area contributed by atoms with Crippen LogP contribution in [-0.2, 0) is 0 Å². The van der Waals surface area contributed by atoms with Crippen LogP contribution in [0.1, 0.15) is 22.9 Å². The molecule has 0 radical (unpaired) electrons. The molecule has 0 saturated carbocycles. The van der Waals surface area contributed by atoms with Crippen LogP contribution in [0.5, 0.6) is 0 Å². The lowest BCUT2D eigenvalue weighted by Gasteiger charge is -2.24. The molecule has 1 N–H and O–H groups in total. The summed E-state index contributed by atoms with van der Waals surface area (Å²) >= 11 is 1.82. The number of aliphatic imine (C=N–C) groups is 2. The van der Waals surface area contributed by atoms with E-state index in [1.807, 2.05) is 29.5 Å². The van der Waals surface area contributed by atoms with Crippen molar-refractivity contribution in [1.82, 2.24) is 5.32 Å². The van der Waals surface area contributed by atoms with Crippen molar-refractivity contribution in [3.63, 3.8) is 0 Å². The molecule has 4 nitrogen and oxygen atoms in total. The van der Waals surface area contributed by atoms with Crippen LogP contribution >= 0.6 is 11.3 Å². The highest BCUT2D eigenvalue weighted by Crippen LogP contribution is 2.41. The van der Waals surface area contributed by atoms with E-state index in [0.717, 1.165) is 55.6 Å². The highest BCUT2D eigenvalue weighted by atomic mass is 32.1. The molecule has 0 fully saturated rings. The molecule has 1 atom stereocenters. The van der Waals surface area contributed by atoms with Gasteiger partial charge in [-0.05, 0) is 79.8 Å². The Labute approximate surface area is 325 Å². The lowest BCUT2D eigenvalue weighted by atomic mass is 9.92. The number of rotatable bonds is 4. The third-order valence-corrected chi connectivity index (χ3v) is 12.6. The van der Waals surface area contributed by atoms with E-state index in [1.54, 1.807) is 0 Å². The molecule has 0 spiro atoms. The fraction of sp³-hybridized carbons (Fsp3) is 0.0196. The van der Waals surface area contributed by atoms with Crippen molar-refractivity contribution in [2.45, 2.75) is 6.17 Å². The average Bonchev–Trinajstić information content (AvgIpc) is 3.84. The number of fused-ring (bicyclic) bond motifs is 12. The highest BCUT2D eigenvalue weighted by Gasteiger charge is 2.24. The van der Waals surface area contributed by atoms with Gasteiger partial charge in [0, 0.05) is 47.6 Å². The summed E-state index contributed by atoms with van der Waals surface area (Å²) < 4.78 is 9.17. The molecule has 1 aliphatic rings. The van der Waals surface area contributed by atoms with Crippen LogP contribution in [0, 0.1) is 0 Å².